The Bertz CT molecular complexity index is 498. The standard InChI is InChI=1S/C18H25NO2/c1-2-6-16-14(4-1)5-3-7-17(16)19-15-8-10-18(11-9-15)20-12-13-21-18/h3,5,7,15,19H,1-2,4,6,8-13H2. The lowest BCUT2D eigenvalue weighted by molar-refractivity contribution is -0.177. The first-order chi connectivity index (χ1) is 10.3. The van der Waals surface area contributed by atoms with Crippen LogP contribution in [0.1, 0.15) is 49.7 Å². The third-order valence-corrected chi connectivity index (χ3v) is 5.32. The molecule has 1 heterocycles. The molecule has 0 aromatic heterocycles. The minimum absolute atomic E-state index is 0.242. The molecule has 1 aliphatic heterocycles. The van der Waals surface area contributed by atoms with Gasteiger partial charge >= 0.3 is 0 Å². The first-order valence-corrected chi connectivity index (χ1v) is 8.50. The van der Waals surface area contributed by atoms with Crippen molar-refractivity contribution in [1.82, 2.24) is 0 Å². The van der Waals surface area contributed by atoms with Crippen LogP contribution in [-0.4, -0.2) is 25.0 Å². The molecule has 0 bridgehead atoms. The number of nitrogens with one attached hydrogen (secondary N) is 1. The van der Waals surface area contributed by atoms with Crippen LogP contribution in [0.25, 0.3) is 0 Å². The van der Waals surface area contributed by atoms with Gasteiger partial charge in [-0.3, -0.25) is 0 Å². The van der Waals surface area contributed by atoms with Crippen molar-refractivity contribution in [3.8, 4) is 0 Å². The van der Waals surface area contributed by atoms with Crippen LogP contribution < -0.4 is 5.32 Å². The fourth-order valence-electron chi connectivity index (χ4n) is 4.12. The highest BCUT2D eigenvalue weighted by Gasteiger charge is 2.40. The number of hydrogen-bond donors (Lipinski definition) is 1. The maximum atomic E-state index is 5.82. The molecule has 0 unspecified atom stereocenters. The van der Waals surface area contributed by atoms with Gasteiger partial charge in [-0.25, -0.2) is 0 Å². The SMILES string of the molecule is c1cc2c(c(NC3CCC4(CC3)OCCO4)c1)CCCC2. The molecular weight excluding hydrogens is 262 g/mol. The summed E-state index contributed by atoms with van der Waals surface area (Å²) in [7, 11) is 0. The molecule has 1 aromatic carbocycles. The highest BCUT2D eigenvalue weighted by Crippen LogP contribution is 2.37. The van der Waals surface area contributed by atoms with Crippen molar-refractivity contribution in [2.75, 3.05) is 18.5 Å². The average molecular weight is 287 g/mol. The number of hydrogen-bond acceptors (Lipinski definition) is 3. The second-order valence-electron chi connectivity index (χ2n) is 6.68. The molecule has 1 saturated heterocycles. The van der Waals surface area contributed by atoms with E-state index in [0.717, 1.165) is 38.9 Å². The van der Waals surface area contributed by atoms with Crippen LogP contribution in [0.15, 0.2) is 18.2 Å². The molecule has 21 heavy (non-hydrogen) atoms. The second kappa shape index (κ2) is 5.62. The summed E-state index contributed by atoms with van der Waals surface area (Å²) in [5, 5.41) is 3.80. The number of fused-ring (bicyclic) bond motifs is 1. The molecule has 1 aromatic rings. The van der Waals surface area contributed by atoms with E-state index in [-0.39, 0.29) is 5.79 Å². The Hall–Kier alpha value is -1.06. The number of aryl methyl sites for hydroxylation is 1. The summed E-state index contributed by atoms with van der Waals surface area (Å²) >= 11 is 0. The molecule has 114 valence electrons. The molecule has 1 N–H and O–H groups in total. The molecule has 2 aliphatic carbocycles. The number of benzene rings is 1. The molecule has 3 aliphatic rings. The van der Waals surface area contributed by atoms with Gasteiger partial charge in [0.05, 0.1) is 13.2 Å². The summed E-state index contributed by atoms with van der Waals surface area (Å²) in [6.07, 6.45) is 9.51. The molecule has 0 radical (unpaired) electrons. The Labute approximate surface area is 127 Å². The molecule has 0 atom stereocenters. The third kappa shape index (κ3) is 2.69. The van der Waals surface area contributed by atoms with E-state index in [1.54, 1.807) is 11.1 Å². The maximum Gasteiger partial charge on any atom is 0.168 e. The van der Waals surface area contributed by atoms with Crippen LogP contribution in [0, 0.1) is 0 Å². The summed E-state index contributed by atoms with van der Waals surface area (Å²) < 4.78 is 11.6. The van der Waals surface area contributed by atoms with Crippen molar-refractivity contribution in [2.24, 2.45) is 0 Å². The van der Waals surface area contributed by atoms with Gasteiger partial charge in [-0.05, 0) is 55.7 Å². The van der Waals surface area contributed by atoms with Gasteiger partial charge in [0.2, 0.25) is 0 Å². The quantitative estimate of drug-likeness (QED) is 0.900. The monoisotopic (exact) mass is 287 g/mol. The van der Waals surface area contributed by atoms with Crippen LogP contribution >= 0.6 is 0 Å². The van der Waals surface area contributed by atoms with E-state index in [4.69, 9.17) is 9.47 Å². The van der Waals surface area contributed by atoms with E-state index in [1.165, 1.54) is 31.4 Å². The summed E-state index contributed by atoms with van der Waals surface area (Å²) in [6.45, 7) is 1.54. The van der Waals surface area contributed by atoms with E-state index in [1.807, 2.05) is 0 Å². The molecule has 3 heteroatoms. The van der Waals surface area contributed by atoms with Gasteiger partial charge in [-0.1, -0.05) is 12.1 Å². The Balaban J connectivity index is 1.43. The number of rotatable bonds is 2. The van der Waals surface area contributed by atoms with Crippen LogP contribution in [0.3, 0.4) is 0 Å². The number of ether oxygens (including phenoxy) is 2. The Morgan fingerprint density at radius 1 is 1.00 bits per heavy atom. The zero-order valence-corrected chi connectivity index (χ0v) is 12.7. The Morgan fingerprint density at radius 2 is 1.76 bits per heavy atom. The number of anilines is 1. The first-order valence-electron chi connectivity index (χ1n) is 8.50. The molecule has 0 amide bonds. The smallest absolute Gasteiger partial charge is 0.168 e. The maximum absolute atomic E-state index is 5.82. The van der Waals surface area contributed by atoms with Crippen molar-refractivity contribution in [2.45, 2.75) is 63.2 Å². The molecule has 1 saturated carbocycles. The average Bonchev–Trinajstić information content (AvgIpc) is 2.99. The third-order valence-electron chi connectivity index (χ3n) is 5.32. The van der Waals surface area contributed by atoms with Crippen LogP contribution in [-0.2, 0) is 22.3 Å². The van der Waals surface area contributed by atoms with Gasteiger partial charge in [0.15, 0.2) is 5.79 Å². The second-order valence-corrected chi connectivity index (χ2v) is 6.68. The molecule has 4 rings (SSSR count). The fourth-order valence-corrected chi connectivity index (χ4v) is 4.12. The molecule has 3 nitrogen and oxygen atoms in total. The topological polar surface area (TPSA) is 30.5 Å². The minimum atomic E-state index is -0.242. The van der Waals surface area contributed by atoms with Crippen LogP contribution in [0.5, 0.6) is 0 Å². The van der Waals surface area contributed by atoms with Gasteiger partial charge in [0.1, 0.15) is 0 Å². The summed E-state index contributed by atoms with van der Waals surface area (Å²) in [5.41, 5.74) is 4.50. The first kappa shape index (κ1) is 13.6. The van der Waals surface area contributed by atoms with Gasteiger partial charge in [-0.15, -0.1) is 0 Å². The highest BCUT2D eigenvalue weighted by atomic mass is 16.7. The lowest BCUT2D eigenvalue weighted by atomic mass is 9.88. The molecule has 2 fully saturated rings. The fraction of sp³-hybridized carbons (Fsp3) is 0.667. The van der Waals surface area contributed by atoms with E-state index < -0.39 is 0 Å². The normalized spacial score (nSPS) is 25.0. The summed E-state index contributed by atoms with van der Waals surface area (Å²) in [4.78, 5) is 0. The van der Waals surface area contributed by atoms with Gasteiger partial charge < -0.3 is 14.8 Å². The van der Waals surface area contributed by atoms with Gasteiger partial charge in [0.25, 0.3) is 0 Å². The summed E-state index contributed by atoms with van der Waals surface area (Å²) in [5.74, 6) is -0.242. The minimum Gasteiger partial charge on any atom is -0.382 e. The van der Waals surface area contributed by atoms with E-state index in [0.29, 0.717) is 6.04 Å². The predicted octanol–water partition coefficient (Wildman–Crippen LogP) is 3.66. The van der Waals surface area contributed by atoms with Gasteiger partial charge in [0, 0.05) is 24.6 Å². The van der Waals surface area contributed by atoms with Crippen molar-refractivity contribution < 1.29 is 9.47 Å². The Morgan fingerprint density at radius 3 is 2.57 bits per heavy atom. The van der Waals surface area contributed by atoms with Crippen LogP contribution in [0.4, 0.5) is 5.69 Å². The zero-order valence-electron chi connectivity index (χ0n) is 12.7. The van der Waals surface area contributed by atoms with E-state index >= 15 is 0 Å². The van der Waals surface area contributed by atoms with Gasteiger partial charge in [-0.2, -0.15) is 0 Å². The lowest BCUT2D eigenvalue weighted by Gasteiger charge is -2.36. The molecular formula is C18H25NO2. The predicted molar refractivity (Wildman–Crippen MR) is 83.6 cm³/mol. The van der Waals surface area contributed by atoms with Crippen molar-refractivity contribution in [1.29, 1.82) is 0 Å². The van der Waals surface area contributed by atoms with E-state index in [2.05, 4.69) is 23.5 Å². The largest absolute Gasteiger partial charge is 0.382 e. The Kier molecular flexibility index (Phi) is 3.64. The zero-order chi connectivity index (χ0) is 14.1. The van der Waals surface area contributed by atoms with Crippen LogP contribution in [0.2, 0.25) is 0 Å². The van der Waals surface area contributed by atoms with E-state index in [9.17, 15) is 0 Å². The van der Waals surface area contributed by atoms with Crippen molar-refractivity contribution in [3.63, 3.8) is 0 Å². The van der Waals surface area contributed by atoms with Crippen molar-refractivity contribution in [3.05, 3.63) is 29.3 Å². The van der Waals surface area contributed by atoms with Crippen molar-refractivity contribution >= 4 is 5.69 Å². The highest BCUT2D eigenvalue weighted by molar-refractivity contribution is 5.56. The lowest BCUT2D eigenvalue weighted by Crippen LogP contribution is -2.39. The summed E-state index contributed by atoms with van der Waals surface area (Å²) in [6, 6.07) is 7.34. The molecule has 1 spiro atoms.